The predicted molar refractivity (Wildman–Crippen MR) is 130 cm³/mol. The lowest BCUT2D eigenvalue weighted by molar-refractivity contribution is -0.116. The van der Waals surface area contributed by atoms with E-state index >= 15 is 0 Å². The number of aryl methyl sites for hydroxylation is 1. The fraction of sp³-hybridized carbons (Fsp3) is 0.464. The molecule has 0 aliphatic heterocycles. The van der Waals surface area contributed by atoms with Gasteiger partial charge in [0, 0.05) is 12.0 Å². The molecule has 2 aromatic carbocycles. The summed E-state index contributed by atoms with van der Waals surface area (Å²) in [6.07, 6.45) is 8.99. The second kappa shape index (κ2) is 8.43. The van der Waals surface area contributed by atoms with Crippen LogP contribution >= 0.6 is 11.8 Å². The molecule has 0 spiro atoms. The van der Waals surface area contributed by atoms with Gasteiger partial charge in [-0.25, -0.2) is 0 Å². The van der Waals surface area contributed by atoms with E-state index in [1.165, 1.54) is 61.4 Å². The normalized spacial score (nSPS) is 27.7. The van der Waals surface area contributed by atoms with Crippen LogP contribution in [0, 0.1) is 24.7 Å². The van der Waals surface area contributed by atoms with Gasteiger partial charge in [-0.1, -0.05) is 53.7 Å². The van der Waals surface area contributed by atoms with Crippen LogP contribution in [0.2, 0.25) is 0 Å². The Bertz CT molecular complexity index is 1110. The Hall–Kier alpha value is -2.40. The van der Waals surface area contributed by atoms with Gasteiger partial charge in [-0.3, -0.25) is 4.79 Å². The largest absolute Gasteiger partial charge is 0.411 e. The van der Waals surface area contributed by atoms with Crippen molar-refractivity contribution in [3.63, 3.8) is 0 Å². The molecule has 4 fully saturated rings. The number of thioether (sulfide) groups is 1. The van der Waals surface area contributed by atoms with E-state index in [-0.39, 0.29) is 5.78 Å². The predicted octanol–water partition coefficient (Wildman–Crippen LogP) is 6.42. The number of hydrogen-bond donors (Lipinski definition) is 0. The van der Waals surface area contributed by atoms with Crippen LogP contribution in [0.1, 0.15) is 55.2 Å². The molecule has 1 aromatic heterocycles. The summed E-state index contributed by atoms with van der Waals surface area (Å²) in [5.41, 5.74) is 5.11. The minimum Gasteiger partial charge on any atom is -0.411 e. The van der Waals surface area contributed by atoms with Crippen LogP contribution in [-0.2, 0) is 16.6 Å². The van der Waals surface area contributed by atoms with Crippen LogP contribution in [0.4, 0.5) is 0 Å². The highest BCUT2D eigenvalue weighted by Gasteiger charge is 2.51. The van der Waals surface area contributed by atoms with Gasteiger partial charge in [0.1, 0.15) is 5.78 Å². The zero-order chi connectivity index (χ0) is 22.4. The molecule has 5 heteroatoms. The topological polar surface area (TPSA) is 56.0 Å². The van der Waals surface area contributed by atoms with Crippen LogP contribution in [0.15, 0.2) is 58.2 Å². The van der Waals surface area contributed by atoms with Gasteiger partial charge in [-0.15, -0.1) is 10.2 Å². The quantitative estimate of drug-likeness (QED) is 0.383. The first-order valence-electron chi connectivity index (χ1n) is 12.2. The molecular weight excluding hydrogens is 428 g/mol. The fourth-order valence-electron chi connectivity index (χ4n) is 6.94. The average Bonchev–Trinajstić information content (AvgIpc) is 3.27. The maximum absolute atomic E-state index is 12.6. The first-order valence-corrected chi connectivity index (χ1v) is 13.2. The van der Waals surface area contributed by atoms with Crippen LogP contribution in [0.5, 0.6) is 0 Å². The second-order valence-electron chi connectivity index (χ2n) is 10.6. The van der Waals surface area contributed by atoms with Crippen molar-refractivity contribution >= 4 is 17.5 Å². The highest BCUT2D eigenvalue weighted by atomic mass is 32.2. The minimum atomic E-state index is 0.178. The summed E-state index contributed by atoms with van der Waals surface area (Å²) in [4.78, 5) is 12.6. The maximum Gasteiger partial charge on any atom is 0.277 e. The summed E-state index contributed by atoms with van der Waals surface area (Å²) in [6, 6.07) is 17.0. The lowest BCUT2D eigenvalue weighted by atomic mass is 9.48. The van der Waals surface area contributed by atoms with Crippen molar-refractivity contribution in [1.29, 1.82) is 0 Å². The molecule has 4 bridgehead atoms. The highest BCUT2D eigenvalue weighted by Crippen LogP contribution is 2.60. The Morgan fingerprint density at radius 3 is 2.21 bits per heavy atom. The number of aromatic nitrogens is 2. The zero-order valence-corrected chi connectivity index (χ0v) is 19.9. The Kier molecular flexibility index (Phi) is 5.40. The summed E-state index contributed by atoms with van der Waals surface area (Å²) in [6.45, 7) is 2.04. The number of carbonyl (C=O) groups excluding carboxylic acids is 1. The molecule has 33 heavy (non-hydrogen) atoms. The number of carbonyl (C=O) groups is 1. The van der Waals surface area contributed by atoms with Gasteiger partial charge in [0.25, 0.3) is 5.22 Å². The first-order chi connectivity index (χ1) is 16.0. The standard InChI is InChI=1S/C28H30N2O2S/c1-18-2-6-23(7-3-18)26-29-30-27(32-26)33-17-25(31)13-19-4-8-24(9-5-19)28-14-20-10-21(15-28)12-22(11-20)16-28/h2-9,20-22H,10-17H2,1H3. The van der Waals surface area contributed by atoms with Crippen molar-refractivity contribution in [2.75, 3.05) is 5.75 Å². The van der Waals surface area contributed by atoms with E-state index in [0.717, 1.165) is 28.9 Å². The SMILES string of the molecule is Cc1ccc(-c2nnc(SCC(=O)Cc3ccc(C45CC6CC(CC(C6)C4)C5)cc3)o2)cc1. The molecule has 4 saturated carbocycles. The van der Waals surface area contributed by atoms with Gasteiger partial charge in [0.2, 0.25) is 5.89 Å². The Balaban J connectivity index is 1.05. The third-order valence-electron chi connectivity index (χ3n) is 8.07. The highest BCUT2D eigenvalue weighted by molar-refractivity contribution is 7.99. The van der Waals surface area contributed by atoms with Crippen LogP contribution in [0.3, 0.4) is 0 Å². The van der Waals surface area contributed by atoms with E-state index < -0.39 is 0 Å². The zero-order valence-electron chi connectivity index (χ0n) is 19.1. The molecule has 0 radical (unpaired) electrons. The van der Waals surface area contributed by atoms with Crippen molar-refractivity contribution in [3.05, 3.63) is 65.2 Å². The van der Waals surface area contributed by atoms with E-state index in [0.29, 0.717) is 28.7 Å². The lowest BCUT2D eigenvalue weighted by Gasteiger charge is -2.57. The molecule has 7 rings (SSSR count). The molecule has 170 valence electrons. The van der Waals surface area contributed by atoms with Crippen molar-refractivity contribution in [3.8, 4) is 11.5 Å². The first kappa shape index (κ1) is 21.2. The summed E-state index contributed by atoms with van der Waals surface area (Å²) < 4.78 is 5.73. The molecule has 0 atom stereocenters. The number of hydrogen-bond acceptors (Lipinski definition) is 5. The average molecular weight is 459 g/mol. The summed E-state index contributed by atoms with van der Waals surface area (Å²) >= 11 is 1.32. The molecular formula is C28H30N2O2S. The van der Waals surface area contributed by atoms with E-state index in [1.807, 2.05) is 31.2 Å². The van der Waals surface area contributed by atoms with E-state index in [4.69, 9.17) is 4.42 Å². The molecule has 4 aliphatic rings. The molecule has 0 saturated heterocycles. The van der Waals surface area contributed by atoms with Crippen molar-refractivity contribution < 1.29 is 9.21 Å². The maximum atomic E-state index is 12.6. The number of ketones is 1. The molecule has 1 heterocycles. The van der Waals surface area contributed by atoms with Crippen molar-refractivity contribution in [2.24, 2.45) is 17.8 Å². The van der Waals surface area contributed by atoms with Crippen LogP contribution in [-0.4, -0.2) is 21.7 Å². The molecule has 0 N–H and O–H groups in total. The van der Waals surface area contributed by atoms with E-state index in [1.54, 1.807) is 0 Å². The van der Waals surface area contributed by atoms with Gasteiger partial charge in [-0.2, -0.15) is 0 Å². The number of Topliss-reactive ketones (excluding diaryl/α,β-unsaturated/α-hetero) is 1. The van der Waals surface area contributed by atoms with E-state index in [9.17, 15) is 4.79 Å². The summed E-state index contributed by atoms with van der Waals surface area (Å²) in [7, 11) is 0. The Labute approximate surface area is 199 Å². The lowest BCUT2D eigenvalue weighted by Crippen LogP contribution is -2.48. The molecule has 0 unspecified atom stereocenters. The second-order valence-corrected chi connectivity index (χ2v) is 11.6. The minimum absolute atomic E-state index is 0.178. The summed E-state index contributed by atoms with van der Waals surface area (Å²) in [5.74, 6) is 3.86. The monoisotopic (exact) mass is 458 g/mol. The molecule has 3 aromatic rings. The number of rotatable bonds is 7. The van der Waals surface area contributed by atoms with Gasteiger partial charge >= 0.3 is 0 Å². The number of benzene rings is 2. The third kappa shape index (κ3) is 4.28. The molecule has 4 aliphatic carbocycles. The van der Waals surface area contributed by atoms with Gasteiger partial charge in [0.05, 0.1) is 5.75 Å². The van der Waals surface area contributed by atoms with Gasteiger partial charge < -0.3 is 4.42 Å². The van der Waals surface area contributed by atoms with E-state index in [2.05, 4.69) is 34.5 Å². The van der Waals surface area contributed by atoms with Gasteiger partial charge in [0.15, 0.2) is 0 Å². The fourth-order valence-corrected chi connectivity index (χ4v) is 7.57. The molecule has 0 amide bonds. The third-order valence-corrected chi connectivity index (χ3v) is 8.95. The Morgan fingerprint density at radius 2 is 1.58 bits per heavy atom. The molecule has 4 nitrogen and oxygen atoms in total. The summed E-state index contributed by atoms with van der Waals surface area (Å²) in [5, 5.41) is 8.65. The van der Waals surface area contributed by atoms with Crippen molar-refractivity contribution in [2.45, 2.75) is 62.5 Å². The number of nitrogens with zero attached hydrogens (tertiary/aromatic N) is 2. The smallest absolute Gasteiger partial charge is 0.277 e. The van der Waals surface area contributed by atoms with Crippen molar-refractivity contribution in [1.82, 2.24) is 10.2 Å². The Morgan fingerprint density at radius 1 is 0.939 bits per heavy atom. The van der Waals surface area contributed by atoms with Crippen LogP contribution < -0.4 is 0 Å². The van der Waals surface area contributed by atoms with Gasteiger partial charge in [-0.05, 0) is 91.9 Å². The van der Waals surface area contributed by atoms with Crippen LogP contribution in [0.25, 0.3) is 11.5 Å².